The molecule has 118 valence electrons. The predicted molar refractivity (Wildman–Crippen MR) is 89.6 cm³/mol. The highest BCUT2D eigenvalue weighted by Crippen LogP contribution is 2.20. The second kappa shape index (κ2) is 7.26. The van der Waals surface area contributed by atoms with E-state index in [1.165, 1.54) is 11.6 Å². The number of benzene rings is 2. The summed E-state index contributed by atoms with van der Waals surface area (Å²) < 4.78 is 13.8. The number of hydrogen-bond donors (Lipinski definition) is 0. The van der Waals surface area contributed by atoms with Gasteiger partial charge in [0.25, 0.3) is 0 Å². The van der Waals surface area contributed by atoms with Crippen LogP contribution in [0.1, 0.15) is 11.1 Å². The number of halogens is 1. The van der Waals surface area contributed by atoms with E-state index >= 15 is 0 Å². The van der Waals surface area contributed by atoms with Crippen LogP contribution in [0, 0.1) is 17.1 Å². The monoisotopic (exact) mass is 309 g/mol. The van der Waals surface area contributed by atoms with E-state index < -0.39 is 0 Å². The molecule has 23 heavy (non-hydrogen) atoms. The molecule has 1 aliphatic heterocycles. The Kier molecular flexibility index (Phi) is 4.89. The highest BCUT2D eigenvalue weighted by atomic mass is 19.1. The number of para-hydroxylation sites is 1. The molecular weight excluding hydrogens is 289 g/mol. The third kappa shape index (κ3) is 3.88. The Morgan fingerprint density at radius 2 is 1.57 bits per heavy atom. The molecule has 0 saturated carbocycles. The molecule has 0 N–H and O–H groups in total. The summed E-state index contributed by atoms with van der Waals surface area (Å²) >= 11 is 0. The van der Waals surface area contributed by atoms with Gasteiger partial charge in [0, 0.05) is 32.7 Å². The molecule has 0 aromatic heterocycles. The summed E-state index contributed by atoms with van der Waals surface area (Å²) in [5.74, 6) is -0.144. The lowest BCUT2D eigenvalue weighted by atomic mass is 10.1. The molecule has 0 unspecified atom stereocenters. The third-order valence-electron chi connectivity index (χ3n) is 4.28. The molecule has 1 heterocycles. The lowest BCUT2D eigenvalue weighted by molar-refractivity contribution is 0.249. The average Bonchev–Trinajstić information content (AvgIpc) is 2.58. The van der Waals surface area contributed by atoms with E-state index in [0.717, 1.165) is 38.3 Å². The molecule has 4 heteroatoms. The van der Waals surface area contributed by atoms with E-state index in [1.807, 2.05) is 24.3 Å². The summed E-state index contributed by atoms with van der Waals surface area (Å²) in [7, 11) is 0. The number of anilines is 1. The first-order valence-electron chi connectivity index (χ1n) is 7.93. The van der Waals surface area contributed by atoms with Crippen LogP contribution in [-0.4, -0.2) is 31.1 Å². The van der Waals surface area contributed by atoms with Gasteiger partial charge in [0.2, 0.25) is 0 Å². The Bertz CT molecular complexity index is 683. The van der Waals surface area contributed by atoms with Crippen molar-refractivity contribution in [1.29, 1.82) is 5.26 Å². The van der Waals surface area contributed by atoms with E-state index in [1.54, 1.807) is 6.07 Å². The topological polar surface area (TPSA) is 30.3 Å². The molecule has 0 radical (unpaired) electrons. The van der Waals surface area contributed by atoms with Crippen LogP contribution in [0.15, 0.2) is 48.5 Å². The van der Waals surface area contributed by atoms with Gasteiger partial charge in [-0.2, -0.15) is 5.26 Å². The van der Waals surface area contributed by atoms with E-state index in [2.05, 4.69) is 28.0 Å². The molecule has 0 atom stereocenters. The molecule has 1 aliphatic rings. The number of rotatable bonds is 4. The van der Waals surface area contributed by atoms with Gasteiger partial charge in [0.1, 0.15) is 5.82 Å². The van der Waals surface area contributed by atoms with E-state index in [4.69, 9.17) is 5.26 Å². The van der Waals surface area contributed by atoms with Gasteiger partial charge in [-0.15, -0.1) is 0 Å². The third-order valence-corrected chi connectivity index (χ3v) is 4.28. The normalized spacial score (nSPS) is 15.4. The summed E-state index contributed by atoms with van der Waals surface area (Å²) in [5, 5.41) is 8.70. The van der Waals surface area contributed by atoms with Crippen LogP contribution in [-0.2, 0) is 13.0 Å². The van der Waals surface area contributed by atoms with E-state index in [9.17, 15) is 4.39 Å². The zero-order valence-electron chi connectivity index (χ0n) is 13.1. The maximum Gasteiger partial charge on any atom is 0.146 e. The Balaban J connectivity index is 1.55. The highest BCUT2D eigenvalue weighted by Gasteiger charge is 2.19. The molecular formula is C19H20FN3. The van der Waals surface area contributed by atoms with Gasteiger partial charge < -0.3 is 4.90 Å². The van der Waals surface area contributed by atoms with Crippen molar-refractivity contribution >= 4 is 5.69 Å². The fourth-order valence-electron chi connectivity index (χ4n) is 2.97. The lowest BCUT2D eigenvalue weighted by Gasteiger charge is -2.36. The number of nitrogens with zero attached hydrogens (tertiary/aromatic N) is 3. The number of piperazine rings is 1. The Morgan fingerprint density at radius 3 is 2.22 bits per heavy atom. The minimum atomic E-state index is -0.144. The van der Waals surface area contributed by atoms with Crippen LogP contribution < -0.4 is 4.90 Å². The molecule has 0 spiro atoms. The van der Waals surface area contributed by atoms with Crippen LogP contribution >= 0.6 is 0 Å². The molecule has 3 nitrogen and oxygen atoms in total. The maximum absolute atomic E-state index is 13.8. The SMILES string of the molecule is N#CCc1ccc(CN2CCN(c3ccccc3F)CC2)cc1. The van der Waals surface area contributed by atoms with Gasteiger partial charge >= 0.3 is 0 Å². The van der Waals surface area contributed by atoms with Gasteiger partial charge in [-0.05, 0) is 23.3 Å². The minimum absolute atomic E-state index is 0.144. The van der Waals surface area contributed by atoms with Crippen LogP contribution in [0.4, 0.5) is 10.1 Å². The van der Waals surface area contributed by atoms with Crippen LogP contribution in [0.5, 0.6) is 0 Å². The van der Waals surface area contributed by atoms with Gasteiger partial charge in [0.15, 0.2) is 0 Å². The largest absolute Gasteiger partial charge is 0.367 e. The molecule has 0 bridgehead atoms. The maximum atomic E-state index is 13.8. The van der Waals surface area contributed by atoms with E-state index in [0.29, 0.717) is 12.1 Å². The van der Waals surface area contributed by atoms with Crippen molar-refractivity contribution in [2.45, 2.75) is 13.0 Å². The van der Waals surface area contributed by atoms with Gasteiger partial charge in [-0.1, -0.05) is 36.4 Å². The van der Waals surface area contributed by atoms with Crippen LogP contribution in [0.25, 0.3) is 0 Å². The summed E-state index contributed by atoms with van der Waals surface area (Å²) in [6.45, 7) is 4.43. The Hall–Kier alpha value is -2.38. The molecule has 0 aliphatic carbocycles. The van der Waals surface area contributed by atoms with Crippen molar-refractivity contribution in [2.75, 3.05) is 31.1 Å². The molecule has 1 saturated heterocycles. The smallest absolute Gasteiger partial charge is 0.146 e. The first-order valence-corrected chi connectivity index (χ1v) is 7.93. The summed E-state index contributed by atoms with van der Waals surface area (Å²) in [6, 6.07) is 17.4. The van der Waals surface area contributed by atoms with E-state index in [-0.39, 0.29) is 5.82 Å². The second-order valence-corrected chi connectivity index (χ2v) is 5.87. The Labute approximate surface area is 136 Å². The average molecular weight is 309 g/mol. The highest BCUT2D eigenvalue weighted by molar-refractivity contribution is 5.48. The predicted octanol–water partition coefficient (Wildman–Crippen LogP) is 3.21. The first kappa shape index (κ1) is 15.5. The van der Waals surface area contributed by atoms with Gasteiger partial charge in [-0.3, -0.25) is 4.90 Å². The Morgan fingerprint density at radius 1 is 0.913 bits per heavy atom. The lowest BCUT2D eigenvalue weighted by Crippen LogP contribution is -2.46. The molecule has 2 aromatic carbocycles. The summed E-state index contributed by atoms with van der Waals surface area (Å²) in [5.41, 5.74) is 3.01. The van der Waals surface area contributed by atoms with Gasteiger partial charge in [0.05, 0.1) is 18.2 Å². The second-order valence-electron chi connectivity index (χ2n) is 5.87. The fourth-order valence-corrected chi connectivity index (χ4v) is 2.97. The first-order chi connectivity index (χ1) is 11.3. The zero-order chi connectivity index (χ0) is 16.1. The summed E-state index contributed by atoms with van der Waals surface area (Å²) in [6.07, 6.45) is 0.460. The molecule has 3 rings (SSSR count). The van der Waals surface area contributed by atoms with Crippen molar-refractivity contribution in [2.24, 2.45) is 0 Å². The van der Waals surface area contributed by atoms with Crippen LogP contribution in [0.2, 0.25) is 0 Å². The van der Waals surface area contributed by atoms with Crippen molar-refractivity contribution in [1.82, 2.24) is 4.90 Å². The van der Waals surface area contributed by atoms with Crippen molar-refractivity contribution in [3.05, 3.63) is 65.5 Å². The number of nitriles is 1. The fraction of sp³-hybridized carbons (Fsp3) is 0.316. The van der Waals surface area contributed by atoms with Crippen molar-refractivity contribution in [3.63, 3.8) is 0 Å². The summed E-state index contributed by atoms with van der Waals surface area (Å²) in [4.78, 5) is 4.50. The number of hydrogen-bond acceptors (Lipinski definition) is 3. The minimum Gasteiger partial charge on any atom is -0.367 e. The standard InChI is InChI=1S/C19H20FN3/c20-18-3-1-2-4-19(18)23-13-11-22(12-14-23)15-17-7-5-16(6-8-17)9-10-21/h1-8H,9,11-15H2. The van der Waals surface area contributed by atoms with Crippen LogP contribution in [0.3, 0.4) is 0 Å². The molecule has 2 aromatic rings. The molecule has 0 amide bonds. The molecule has 1 fully saturated rings. The van der Waals surface area contributed by atoms with Gasteiger partial charge in [-0.25, -0.2) is 4.39 Å². The van der Waals surface area contributed by atoms with Crippen molar-refractivity contribution in [3.8, 4) is 6.07 Å². The zero-order valence-corrected chi connectivity index (χ0v) is 13.1. The quantitative estimate of drug-likeness (QED) is 0.869. The van der Waals surface area contributed by atoms with Crippen molar-refractivity contribution < 1.29 is 4.39 Å².